The van der Waals surface area contributed by atoms with Gasteiger partial charge in [0.1, 0.15) is 5.82 Å². The van der Waals surface area contributed by atoms with Crippen LogP contribution in [-0.2, 0) is 4.79 Å². The van der Waals surface area contributed by atoms with Crippen LogP contribution in [0.25, 0.3) is 0 Å². The van der Waals surface area contributed by atoms with Gasteiger partial charge in [0, 0.05) is 24.3 Å². The molecule has 7 nitrogen and oxygen atoms in total. The number of amides is 1. The maximum absolute atomic E-state index is 13.0. The summed E-state index contributed by atoms with van der Waals surface area (Å²) in [6, 6.07) is 10.00. The van der Waals surface area contributed by atoms with Crippen LogP contribution >= 0.6 is 0 Å². The SMILES string of the molecule is CCCCN(CC)c1ccc(NC(=O)c2ccc(F)cc2)cc1C(=O)O.O=C(O)C(F)(F)F. The van der Waals surface area contributed by atoms with Crippen LogP contribution in [0.2, 0.25) is 0 Å². The predicted molar refractivity (Wildman–Crippen MR) is 114 cm³/mol. The van der Waals surface area contributed by atoms with Gasteiger partial charge in [-0.3, -0.25) is 4.79 Å². The lowest BCUT2D eigenvalue weighted by Crippen LogP contribution is -2.26. The van der Waals surface area contributed by atoms with E-state index in [1.165, 1.54) is 30.3 Å². The van der Waals surface area contributed by atoms with E-state index in [2.05, 4.69) is 12.2 Å². The first-order valence-electron chi connectivity index (χ1n) is 9.90. The van der Waals surface area contributed by atoms with E-state index in [1.54, 1.807) is 12.1 Å². The maximum atomic E-state index is 13.0. The number of carbonyl (C=O) groups excluding carboxylic acids is 1. The zero-order valence-corrected chi connectivity index (χ0v) is 17.9. The highest BCUT2D eigenvalue weighted by molar-refractivity contribution is 6.05. The van der Waals surface area contributed by atoms with Crippen LogP contribution in [0.4, 0.5) is 28.9 Å². The highest BCUT2D eigenvalue weighted by Gasteiger charge is 2.38. The molecule has 180 valence electrons. The van der Waals surface area contributed by atoms with Gasteiger partial charge in [-0.2, -0.15) is 13.2 Å². The molecule has 0 radical (unpaired) electrons. The van der Waals surface area contributed by atoms with Crippen molar-refractivity contribution in [2.24, 2.45) is 0 Å². The van der Waals surface area contributed by atoms with Gasteiger partial charge in [-0.15, -0.1) is 0 Å². The number of carbonyl (C=O) groups is 3. The smallest absolute Gasteiger partial charge is 0.478 e. The number of rotatable bonds is 8. The summed E-state index contributed by atoms with van der Waals surface area (Å²) in [5.41, 5.74) is 1.45. The molecular weight excluding hydrogens is 448 g/mol. The number of carboxylic acids is 2. The number of halogens is 4. The second-order valence-corrected chi connectivity index (χ2v) is 6.73. The maximum Gasteiger partial charge on any atom is 0.490 e. The number of aliphatic carboxylic acids is 1. The molecular formula is C22H24F4N2O5. The van der Waals surface area contributed by atoms with E-state index < -0.39 is 29.8 Å². The fourth-order valence-corrected chi connectivity index (χ4v) is 2.66. The number of carboxylic acid groups (broad SMARTS) is 2. The van der Waals surface area contributed by atoms with Crippen molar-refractivity contribution in [2.45, 2.75) is 32.9 Å². The molecule has 0 unspecified atom stereocenters. The van der Waals surface area contributed by atoms with Crippen LogP contribution in [0.15, 0.2) is 42.5 Å². The second-order valence-electron chi connectivity index (χ2n) is 6.73. The molecule has 0 aliphatic rings. The van der Waals surface area contributed by atoms with Crippen molar-refractivity contribution in [2.75, 3.05) is 23.3 Å². The number of alkyl halides is 3. The molecule has 1 amide bonds. The van der Waals surface area contributed by atoms with Crippen LogP contribution in [0, 0.1) is 5.82 Å². The Kier molecular flexibility index (Phi) is 10.3. The summed E-state index contributed by atoms with van der Waals surface area (Å²) >= 11 is 0. The number of benzene rings is 2. The van der Waals surface area contributed by atoms with Crippen molar-refractivity contribution in [1.82, 2.24) is 0 Å². The summed E-state index contributed by atoms with van der Waals surface area (Å²) in [5, 5.41) is 19.3. The number of hydrogen-bond acceptors (Lipinski definition) is 4. The number of anilines is 2. The summed E-state index contributed by atoms with van der Waals surface area (Å²) in [6.45, 7) is 5.53. The van der Waals surface area contributed by atoms with E-state index in [4.69, 9.17) is 9.90 Å². The van der Waals surface area contributed by atoms with Crippen molar-refractivity contribution >= 4 is 29.2 Å². The molecule has 3 N–H and O–H groups in total. The van der Waals surface area contributed by atoms with Crippen LogP contribution < -0.4 is 10.2 Å². The average molecular weight is 472 g/mol. The summed E-state index contributed by atoms with van der Waals surface area (Å²) in [7, 11) is 0. The monoisotopic (exact) mass is 472 g/mol. The predicted octanol–water partition coefficient (Wildman–Crippen LogP) is 5.04. The van der Waals surface area contributed by atoms with Crippen molar-refractivity contribution in [1.29, 1.82) is 0 Å². The number of nitrogens with one attached hydrogen (secondary N) is 1. The van der Waals surface area contributed by atoms with E-state index in [0.29, 0.717) is 23.5 Å². The third kappa shape index (κ3) is 8.79. The van der Waals surface area contributed by atoms with Gasteiger partial charge in [0.05, 0.1) is 11.3 Å². The number of aromatic carboxylic acids is 1. The summed E-state index contributed by atoms with van der Waals surface area (Å²) in [6.07, 6.45) is -3.10. The van der Waals surface area contributed by atoms with Crippen molar-refractivity contribution < 1.29 is 42.2 Å². The van der Waals surface area contributed by atoms with E-state index in [-0.39, 0.29) is 5.56 Å². The molecule has 2 aromatic carbocycles. The largest absolute Gasteiger partial charge is 0.490 e. The summed E-state index contributed by atoms with van der Waals surface area (Å²) in [5.74, 6) is -4.65. The first-order valence-corrected chi connectivity index (χ1v) is 9.90. The number of unbranched alkanes of at least 4 members (excludes halogenated alkanes) is 1. The minimum Gasteiger partial charge on any atom is -0.478 e. The molecule has 0 aliphatic carbocycles. The molecule has 11 heteroatoms. The molecule has 0 aromatic heterocycles. The van der Waals surface area contributed by atoms with Crippen molar-refractivity contribution in [3.8, 4) is 0 Å². The average Bonchev–Trinajstić information content (AvgIpc) is 2.75. The van der Waals surface area contributed by atoms with E-state index >= 15 is 0 Å². The van der Waals surface area contributed by atoms with Gasteiger partial charge >= 0.3 is 18.1 Å². The first kappa shape index (κ1) is 27.4. The van der Waals surface area contributed by atoms with Gasteiger partial charge in [-0.1, -0.05) is 13.3 Å². The van der Waals surface area contributed by atoms with Gasteiger partial charge in [0.2, 0.25) is 0 Å². The zero-order chi connectivity index (χ0) is 25.2. The molecule has 0 bridgehead atoms. The Hall–Kier alpha value is -3.63. The Morgan fingerprint density at radius 1 is 1.00 bits per heavy atom. The quantitative estimate of drug-likeness (QED) is 0.465. The summed E-state index contributed by atoms with van der Waals surface area (Å²) < 4.78 is 44.7. The Balaban J connectivity index is 0.000000675. The molecule has 2 aromatic rings. The fraction of sp³-hybridized carbons (Fsp3) is 0.318. The molecule has 0 fully saturated rings. The van der Waals surface area contributed by atoms with E-state index in [9.17, 15) is 32.3 Å². The van der Waals surface area contributed by atoms with Gasteiger partial charge < -0.3 is 20.4 Å². The molecule has 0 heterocycles. The highest BCUT2D eigenvalue weighted by atomic mass is 19.4. The standard InChI is InChI=1S/C20H23FN2O3.C2HF3O2/c1-3-5-12-23(4-2)18-11-10-16(13-17(18)20(25)26)22-19(24)14-6-8-15(21)9-7-14;3-2(4,5)1(6)7/h6-11,13H,3-5,12H2,1-2H3,(H,22,24)(H,25,26);(H,6,7). The fourth-order valence-electron chi connectivity index (χ4n) is 2.66. The van der Waals surface area contributed by atoms with E-state index in [1.807, 2.05) is 11.8 Å². The van der Waals surface area contributed by atoms with Crippen LogP contribution in [0.5, 0.6) is 0 Å². The zero-order valence-electron chi connectivity index (χ0n) is 17.9. The topological polar surface area (TPSA) is 107 Å². The molecule has 0 aliphatic heterocycles. The molecule has 0 saturated heterocycles. The van der Waals surface area contributed by atoms with Gasteiger partial charge in [-0.25, -0.2) is 14.0 Å². The molecule has 0 saturated carbocycles. The van der Waals surface area contributed by atoms with Crippen LogP contribution in [0.3, 0.4) is 0 Å². The number of hydrogen-bond donors (Lipinski definition) is 3. The number of nitrogens with zero attached hydrogens (tertiary/aromatic N) is 1. The lowest BCUT2D eigenvalue weighted by Gasteiger charge is -2.25. The third-order valence-corrected chi connectivity index (χ3v) is 4.34. The van der Waals surface area contributed by atoms with E-state index in [0.717, 1.165) is 19.4 Å². The Labute approximate surface area is 187 Å². The molecule has 0 atom stereocenters. The molecule has 2 rings (SSSR count). The first-order chi connectivity index (χ1) is 15.4. The second kappa shape index (κ2) is 12.4. The minimum absolute atomic E-state index is 0.139. The van der Waals surface area contributed by atoms with Gasteiger partial charge in [-0.05, 0) is 55.8 Å². The van der Waals surface area contributed by atoms with Crippen molar-refractivity contribution in [3.05, 3.63) is 59.4 Å². The van der Waals surface area contributed by atoms with Crippen LogP contribution in [0.1, 0.15) is 47.4 Å². The van der Waals surface area contributed by atoms with Gasteiger partial charge in [0.25, 0.3) is 5.91 Å². The lowest BCUT2D eigenvalue weighted by atomic mass is 10.1. The molecule has 0 spiro atoms. The Morgan fingerprint density at radius 3 is 2.03 bits per heavy atom. The minimum atomic E-state index is -5.08. The highest BCUT2D eigenvalue weighted by Crippen LogP contribution is 2.25. The summed E-state index contributed by atoms with van der Waals surface area (Å²) in [4.78, 5) is 34.8. The Bertz CT molecular complexity index is 962. The third-order valence-electron chi connectivity index (χ3n) is 4.34. The van der Waals surface area contributed by atoms with Gasteiger partial charge in [0.15, 0.2) is 0 Å². The Morgan fingerprint density at radius 2 is 1.58 bits per heavy atom. The lowest BCUT2D eigenvalue weighted by molar-refractivity contribution is -0.192. The normalized spacial score (nSPS) is 10.6. The van der Waals surface area contributed by atoms with Crippen LogP contribution in [-0.4, -0.2) is 47.3 Å². The molecule has 33 heavy (non-hydrogen) atoms. The van der Waals surface area contributed by atoms with Crippen molar-refractivity contribution in [3.63, 3.8) is 0 Å².